The Balaban J connectivity index is 2.07. The first-order chi connectivity index (χ1) is 9.75. The molecule has 0 spiro atoms. The highest BCUT2D eigenvalue weighted by Gasteiger charge is 2.21. The minimum absolute atomic E-state index is 0.0674. The standard InChI is InChI=1S/C12H13N7S/c13-11(14)18-16-7-9-10(8-1-3-15-4-2-8)17-12-19(9)5-6-20-12/h1-4,7H,5-6H2,(H4,13,14,18)/b16-7+. The molecular weight excluding hydrogens is 274 g/mol. The Morgan fingerprint density at radius 2 is 2.15 bits per heavy atom. The van der Waals surface area contributed by atoms with Crippen molar-refractivity contribution in [3.63, 3.8) is 0 Å². The zero-order valence-corrected chi connectivity index (χ0v) is 11.4. The summed E-state index contributed by atoms with van der Waals surface area (Å²) in [5.41, 5.74) is 13.3. The van der Waals surface area contributed by atoms with Crippen LogP contribution >= 0.6 is 11.8 Å². The second-order valence-corrected chi connectivity index (χ2v) is 5.20. The quantitative estimate of drug-likeness (QED) is 0.490. The van der Waals surface area contributed by atoms with E-state index in [0.717, 1.165) is 34.4 Å². The molecule has 3 rings (SSSR count). The van der Waals surface area contributed by atoms with Crippen molar-refractivity contribution in [3.05, 3.63) is 30.2 Å². The SMILES string of the molecule is NC(N)=N/N=C/c1c(-c2ccncc2)nc2n1CCS2. The first-order valence-electron chi connectivity index (χ1n) is 6.01. The zero-order valence-electron chi connectivity index (χ0n) is 10.6. The van der Waals surface area contributed by atoms with Crippen LogP contribution in [-0.4, -0.2) is 32.5 Å². The molecule has 8 heteroatoms. The molecular formula is C12H13N7S. The molecule has 0 amide bonds. The average Bonchev–Trinajstić information content (AvgIpc) is 3.01. The van der Waals surface area contributed by atoms with E-state index in [0.29, 0.717) is 0 Å². The molecule has 0 aliphatic carbocycles. The lowest BCUT2D eigenvalue weighted by Gasteiger charge is -2.01. The highest BCUT2D eigenvalue weighted by atomic mass is 32.2. The van der Waals surface area contributed by atoms with Gasteiger partial charge in [-0.05, 0) is 12.1 Å². The Kier molecular flexibility index (Phi) is 3.38. The van der Waals surface area contributed by atoms with Crippen molar-refractivity contribution in [2.45, 2.75) is 11.7 Å². The number of nitrogens with zero attached hydrogens (tertiary/aromatic N) is 5. The minimum atomic E-state index is -0.0674. The third-order valence-electron chi connectivity index (χ3n) is 2.82. The van der Waals surface area contributed by atoms with Gasteiger partial charge in [0.1, 0.15) is 0 Å². The van der Waals surface area contributed by atoms with E-state index in [-0.39, 0.29) is 5.96 Å². The summed E-state index contributed by atoms with van der Waals surface area (Å²) in [7, 11) is 0. The molecule has 2 aromatic rings. The number of guanidine groups is 1. The third-order valence-corrected chi connectivity index (χ3v) is 3.78. The Morgan fingerprint density at radius 1 is 1.35 bits per heavy atom. The summed E-state index contributed by atoms with van der Waals surface area (Å²) in [4.78, 5) is 8.68. The molecule has 0 radical (unpaired) electrons. The van der Waals surface area contributed by atoms with Crippen LogP contribution in [0, 0.1) is 0 Å². The fourth-order valence-corrected chi connectivity index (χ4v) is 2.96. The van der Waals surface area contributed by atoms with E-state index in [1.807, 2.05) is 12.1 Å². The molecule has 0 saturated heterocycles. The molecule has 0 aromatic carbocycles. The van der Waals surface area contributed by atoms with Gasteiger partial charge in [-0.15, -0.1) is 5.10 Å². The van der Waals surface area contributed by atoms with Crippen molar-refractivity contribution >= 4 is 23.9 Å². The van der Waals surface area contributed by atoms with Crippen molar-refractivity contribution in [2.24, 2.45) is 21.7 Å². The maximum absolute atomic E-state index is 5.27. The molecule has 20 heavy (non-hydrogen) atoms. The van der Waals surface area contributed by atoms with Crippen molar-refractivity contribution in [1.82, 2.24) is 14.5 Å². The summed E-state index contributed by atoms with van der Waals surface area (Å²) >= 11 is 1.73. The lowest BCUT2D eigenvalue weighted by atomic mass is 10.1. The molecule has 3 heterocycles. The summed E-state index contributed by atoms with van der Waals surface area (Å²) in [6.07, 6.45) is 5.12. The van der Waals surface area contributed by atoms with E-state index in [4.69, 9.17) is 11.5 Å². The summed E-state index contributed by atoms with van der Waals surface area (Å²) in [5.74, 6) is 0.949. The first-order valence-corrected chi connectivity index (χ1v) is 7.00. The molecule has 7 nitrogen and oxygen atoms in total. The number of hydrogen-bond donors (Lipinski definition) is 2. The minimum Gasteiger partial charge on any atom is -0.369 e. The average molecular weight is 287 g/mol. The van der Waals surface area contributed by atoms with Crippen LogP contribution < -0.4 is 11.5 Å². The topological polar surface area (TPSA) is 107 Å². The molecule has 0 atom stereocenters. The van der Waals surface area contributed by atoms with Gasteiger partial charge in [0.25, 0.3) is 0 Å². The predicted octanol–water partition coefficient (Wildman–Crippen LogP) is 0.658. The van der Waals surface area contributed by atoms with E-state index in [2.05, 4.69) is 24.7 Å². The molecule has 0 saturated carbocycles. The molecule has 1 aliphatic heterocycles. The van der Waals surface area contributed by atoms with Gasteiger partial charge in [-0.25, -0.2) is 4.98 Å². The molecule has 0 unspecified atom stereocenters. The number of fused-ring (bicyclic) bond motifs is 1. The second-order valence-electron chi connectivity index (χ2n) is 4.13. The van der Waals surface area contributed by atoms with Crippen LogP contribution in [0.15, 0.2) is 39.9 Å². The van der Waals surface area contributed by atoms with E-state index < -0.39 is 0 Å². The zero-order chi connectivity index (χ0) is 13.9. The van der Waals surface area contributed by atoms with Crippen molar-refractivity contribution < 1.29 is 0 Å². The van der Waals surface area contributed by atoms with Gasteiger partial charge in [0.2, 0.25) is 5.96 Å². The second kappa shape index (κ2) is 5.33. The van der Waals surface area contributed by atoms with Gasteiger partial charge >= 0.3 is 0 Å². The number of rotatable bonds is 3. The molecule has 4 N–H and O–H groups in total. The molecule has 0 bridgehead atoms. The van der Waals surface area contributed by atoms with Gasteiger partial charge in [0.15, 0.2) is 5.16 Å². The van der Waals surface area contributed by atoms with E-state index in [9.17, 15) is 0 Å². The van der Waals surface area contributed by atoms with E-state index >= 15 is 0 Å². The molecule has 2 aromatic heterocycles. The maximum Gasteiger partial charge on any atom is 0.211 e. The smallest absolute Gasteiger partial charge is 0.211 e. The Bertz CT molecular complexity index is 671. The lowest BCUT2D eigenvalue weighted by Crippen LogP contribution is -2.21. The highest BCUT2D eigenvalue weighted by molar-refractivity contribution is 7.99. The maximum atomic E-state index is 5.27. The Morgan fingerprint density at radius 3 is 2.90 bits per heavy atom. The largest absolute Gasteiger partial charge is 0.369 e. The van der Waals surface area contributed by atoms with E-state index in [1.165, 1.54) is 0 Å². The molecule has 102 valence electrons. The summed E-state index contributed by atoms with van der Waals surface area (Å²) in [5, 5.41) is 8.53. The number of pyridine rings is 1. The van der Waals surface area contributed by atoms with Crippen molar-refractivity contribution in [1.29, 1.82) is 0 Å². The van der Waals surface area contributed by atoms with Gasteiger partial charge in [-0.3, -0.25) is 4.98 Å². The van der Waals surface area contributed by atoms with Crippen LogP contribution in [0.2, 0.25) is 0 Å². The fourth-order valence-electron chi connectivity index (χ4n) is 2.00. The fraction of sp³-hybridized carbons (Fsp3) is 0.167. The number of nitrogens with two attached hydrogens (primary N) is 2. The van der Waals surface area contributed by atoms with Crippen LogP contribution in [0.4, 0.5) is 0 Å². The Labute approximate surface area is 119 Å². The van der Waals surface area contributed by atoms with E-state index in [1.54, 1.807) is 30.4 Å². The van der Waals surface area contributed by atoms with Crippen molar-refractivity contribution in [2.75, 3.05) is 5.75 Å². The summed E-state index contributed by atoms with van der Waals surface area (Å²) < 4.78 is 2.12. The number of thioether (sulfide) groups is 1. The predicted molar refractivity (Wildman–Crippen MR) is 79.6 cm³/mol. The molecule has 0 fully saturated rings. The van der Waals surface area contributed by atoms with Gasteiger partial charge in [-0.2, -0.15) is 5.10 Å². The normalized spacial score (nSPS) is 13.6. The van der Waals surface area contributed by atoms with Gasteiger partial charge in [0.05, 0.1) is 17.6 Å². The van der Waals surface area contributed by atoms with Crippen LogP contribution in [0.5, 0.6) is 0 Å². The van der Waals surface area contributed by atoms with Crippen LogP contribution in [-0.2, 0) is 6.54 Å². The highest BCUT2D eigenvalue weighted by Crippen LogP contribution is 2.32. The van der Waals surface area contributed by atoms with Crippen LogP contribution in [0.3, 0.4) is 0 Å². The van der Waals surface area contributed by atoms with Crippen molar-refractivity contribution in [3.8, 4) is 11.3 Å². The Hall–Kier alpha value is -2.35. The van der Waals surface area contributed by atoms with Crippen LogP contribution in [0.1, 0.15) is 5.69 Å². The van der Waals surface area contributed by atoms with Gasteiger partial charge in [-0.1, -0.05) is 11.8 Å². The number of imidazole rings is 1. The van der Waals surface area contributed by atoms with Gasteiger partial charge in [0, 0.05) is 30.3 Å². The molecule has 1 aliphatic rings. The number of hydrogen-bond acceptors (Lipinski definition) is 5. The summed E-state index contributed by atoms with van der Waals surface area (Å²) in [6.45, 7) is 0.904. The first kappa shape index (κ1) is 12.7. The summed E-state index contributed by atoms with van der Waals surface area (Å²) in [6, 6.07) is 3.83. The van der Waals surface area contributed by atoms with Crippen LogP contribution in [0.25, 0.3) is 11.3 Å². The monoisotopic (exact) mass is 287 g/mol. The lowest BCUT2D eigenvalue weighted by molar-refractivity contribution is 0.715. The van der Waals surface area contributed by atoms with Gasteiger partial charge < -0.3 is 16.0 Å². The third kappa shape index (κ3) is 2.37. The number of aromatic nitrogens is 3.